The second-order valence-corrected chi connectivity index (χ2v) is 4.51. The summed E-state index contributed by atoms with van der Waals surface area (Å²) in [6, 6.07) is 6.45. The van der Waals surface area contributed by atoms with Crippen LogP contribution < -0.4 is 10.2 Å². The van der Waals surface area contributed by atoms with E-state index in [0.717, 1.165) is 0 Å². The number of nitrogens with one attached hydrogen (secondary N) is 2. The number of carbonyl (C=O) groups is 1. The molecule has 0 saturated carbocycles. The van der Waals surface area contributed by atoms with E-state index in [-0.39, 0.29) is 6.61 Å². The summed E-state index contributed by atoms with van der Waals surface area (Å²) in [6.45, 7) is -0.207. The van der Waals surface area contributed by atoms with Gasteiger partial charge < -0.3 is 4.74 Å². The number of ether oxygens (including phenoxy) is 1. The van der Waals surface area contributed by atoms with E-state index in [0.29, 0.717) is 21.5 Å². The highest BCUT2D eigenvalue weighted by atomic mass is 35.5. The first kappa shape index (κ1) is 14.4. The van der Waals surface area contributed by atoms with E-state index in [1.807, 2.05) is 0 Å². The fourth-order valence-corrected chi connectivity index (χ4v) is 1.74. The topological polar surface area (TPSA) is 79.4 Å². The number of benzene rings is 1. The first-order chi connectivity index (χ1) is 9.65. The van der Waals surface area contributed by atoms with Gasteiger partial charge >= 0.3 is 0 Å². The molecule has 2 N–H and O–H groups in total. The predicted molar refractivity (Wildman–Crippen MR) is 76.3 cm³/mol. The van der Waals surface area contributed by atoms with Gasteiger partial charge in [0.1, 0.15) is 5.75 Å². The number of hydrazone groups is 1. The molecule has 0 aliphatic carbocycles. The van der Waals surface area contributed by atoms with Crippen LogP contribution in [-0.2, 0) is 4.79 Å². The van der Waals surface area contributed by atoms with Gasteiger partial charge in [-0.15, -0.1) is 0 Å². The number of nitrogens with zero attached hydrogens (tertiary/aromatic N) is 2. The zero-order valence-electron chi connectivity index (χ0n) is 10.1. The molecule has 1 aromatic heterocycles. The van der Waals surface area contributed by atoms with Gasteiger partial charge in [-0.2, -0.15) is 10.2 Å². The number of hydrogen-bond donors (Lipinski definition) is 2. The first-order valence-electron chi connectivity index (χ1n) is 5.54. The molecular weight excluding hydrogens is 303 g/mol. The third kappa shape index (κ3) is 4.25. The second kappa shape index (κ2) is 6.93. The third-order valence-corrected chi connectivity index (χ3v) is 2.70. The lowest BCUT2D eigenvalue weighted by molar-refractivity contribution is -0.123. The Balaban J connectivity index is 1.80. The van der Waals surface area contributed by atoms with Gasteiger partial charge in [-0.3, -0.25) is 9.89 Å². The van der Waals surface area contributed by atoms with Gasteiger partial charge in [0, 0.05) is 11.2 Å². The van der Waals surface area contributed by atoms with Crippen molar-refractivity contribution in [3.05, 3.63) is 46.2 Å². The Kier molecular flexibility index (Phi) is 4.97. The van der Waals surface area contributed by atoms with Crippen LogP contribution in [-0.4, -0.2) is 28.9 Å². The highest BCUT2D eigenvalue weighted by molar-refractivity contribution is 6.35. The van der Waals surface area contributed by atoms with Gasteiger partial charge in [-0.05, 0) is 24.3 Å². The van der Waals surface area contributed by atoms with Gasteiger partial charge in [0.2, 0.25) is 0 Å². The van der Waals surface area contributed by atoms with Crippen LogP contribution in [0.2, 0.25) is 10.0 Å². The molecule has 0 fully saturated rings. The lowest BCUT2D eigenvalue weighted by atomic mass is 10.3. The highest BCUT2D eigenvalue weighted by Gasteiger charge is 2.05. The molecule has 8 heteroatoms. The summed E-state index contributed by atoms with van der Waals surface area (Å²) in [6.07, 6.45) is 3.01. The minimum Gasteiger partial charge on any atom is -0.482 e. The molecule has 1 aromatic carbocycles. The van der Waals surface area contributed by atoms with Gasteiger partial charge in [-0.25, -0.2) is 5.43 Å². The van der Waals surface area contributed by atoms with E-state index in [1.165, 1.54) is 12.3 Å². The zero-order chi connectivity index (χ0) is 14.4. The van der Waals surface area contributed by atoms with E-state index >= 15 is 0 Å². The smallest absolute Gasteiger partial charge is 0.277 e. The standard InChI is InChI=1S/C12H10Cl2N4O2/c13-8-1-2-11(10(14)5-8)20-7-12(19)18-16-6-9-3-4-15-17-9/h1-6H,7H2,(H,15,17)(H,18,19)/b16-6+. The molecule has 0 bridgehead atoms. The number of carbonyl (C=O) groups excluding carboxylic acids is 1. The SMILES string of the molecule is O=C(COc1ccc(Cl)cc1Cl)N/N=C/c1ccn[nH]1. The van der Waals surface area contributed by atoms with Crippen LogP contribution in [0.4, 0.5) is 0 Å². The lowest BCUT2D eigenvalue weighted by Gasteiger charge is -2.06. The van der Waals surface area contributed by atoms with Crippen LogP contribution in [0.25, 0.3) is 0 Å². The quantitative estimate of drug-likeness (QED) is 0.656. The number of hydrogen-bond acceptors (Lipinski definition) is 4. The average molecular weight is 313 g/mol. The molecule has 20 heavy (non-hydrogen) atoms. The molecule has 1 heterocycles. The number of amides is 1. The largest absolute Gasteiger partial charge is 0.482 e. The van der Waals surface area contributed by atoms with Crippen molar-refractivity contribution in [3.63, 3.8) is 0 Å². The lowest BCUT2D eigenvalue weighted by Crippen LogP contribution is -2.24. The molecule has 0 aliphatic rings. The maximum Gasteiger partial charge on any atom is 0.277 e. The minimum absolute atomic E-state index is 0.207. The molecule has 0 aliphatic heterocycles. The molecule has 0 atom stereocenters. The molecule has 0 saturated heterocycles. The number of rotatable bonds is 5. The van der Waals surface area contributed by atoms with Crippen molar-refractivity contribution in [1.82, 2.24) is 15.6 Å². The van der Waals surface area contributed by atoms with Gasteiger partial charge in [0.15, 0.2) is 6.61 Å². The Hall–Kier alpha value is -2.05. The summed E-state index contributed by atoms with van der Waals surface area (Å²) in [5.41, 5.74) is 2.98. The van der Waals surface area contributed by atoms with Crippen molar-refractivity contribution >= 4 is 35.3 Å². The third-order valence-electron chi connectivity index (χ3n) is 2.17. The monoisotopic (exact) mass is 312 g/mol. The van der Waals surface area contributed by atoms with Crippen molar-refractivity contribution in [2.45, 2.75) is 0 Å². The van der Waals surface area contributed by atoms with E-state index in [4.69, 9.17) is 27.9 Å². The molecule has 0 radical (unpaired) electrons. The molecule has 0 spiro atoms. The molecule has 0 unspecified atom stereocenters. The second-order valence-electron chi connectivity index (χ2n) is 3.67. The number of H-pyrrole nitrogens is 1. The summed E-state index contributed by atoms with van der Waals surface area (Å²) >= 11 is 11.7. The maximum absolute atomic E-state index is 11.5. The van der Waals surface area contributed by atoms with Gasteiger partial charge in [0.25, 0.3) is 5.91 Å². The first-order valence-corrected chi connectivity index (χ1v) is 6.30. The van der Waals surface area contributed by atoms with Crippen LogP contribution in [0.15, 0.2) is 35.6 Å². The van der Waals surface area contributed by atoms with Crippen LogP contribution in [0, 0.1) is 0 Å². The Labute approximate surface area is 124 Å². The van der Waals surface area contributed by atoms with Crippen molar-refractivity contribution in [1.29, 1.82) is 0 Å². The van der Waals surface area contributed by atoms with E-state index < -0.39 is 5.91 Å². The van der Waals surface area contributed by atoms with Crippen LogP contribution in [0.1, 0.15) is 5.69 Å². The summed E-state index contributed by atoms with van der Waals surface area (Å²) in [5.74, 6) is -0.0319. The number of aromatic amines is 1. The van der Waals surface area contributed by atoms with Crippen LogP contribution >= 0.6 is 23.2 Å². The molecule has 2 rings (SSSR count). The van der Waals surface area contributed by atoms with Crippen LogP contribution in [0.5, 0.6) is 5.75 Å². The van der Waals surface area contributed by atoms with Crippen molar-refractivity contribution in [3.8, 4) is 5.75 Å². The molecule has 2 aromatic rings. The fraction of sp³-hybridized carbons (Fsp3) is 0.0833. The zero-order valence-corrected chi connectivity index (χ0v) is 11.6. The summed E-state index contributed by atoms with van der Waals surface area (Å²) in [7, 11) is 0. The summed E-state index contributed by atoms with van der Waals surface area (Å²) in [5, 5.41) is 11.0. The summed E-state index contributed by atoms with van der Waals surface area (Å²) in [4.78, 5) is 11.5. The maximum atomic E-state index is 11.5. The predicted octanol–water partition coefficient (Wildman–Crippen LogP) is 2.25. The van der Waals surface area contributed by atoms with Gasteiger partial charge in [-0.1, -0.05) is 23.2 Å². The molecule has 1 amide bonds. The van der Waals surface area contributed by atoms with E-state index in [1.54, 1.807) is 24.4 Å². The van der Waals surface area contributed by atoms with Crippen molar-refractivity contribution in [2.75, 3.05) is 6.61 Å². The average Bonchev–Trinajstić information content (AvgIpc) is 2.91. The van der Waals surface area contributed by atoms with Crippen molar-refractivity contribution in [2.24, 2.45) is 5.10 Å². The van der Waals surface area contributed by atoms with Crippen LogP contribution in [0.3, 0.4) is 0 Å². The Morgan fingerprint density at radius 2 is 2.30 bits per heavy atom. The van der Waals surface area contributed by atoms with E-state index in [9.17, 15) is 4.79 Å². The molecule has 6 nitrogen and oxygen atoms in total. The number of aromatic nitrogens is 2. The number of halogens is 2. The highest BCUT2D eigenvalue weighted by Crippen LogP contribution is 2.27. The van der Waals surface area contributed by atoms with E-state index in [2.05, 4.69) is 20.7 Å². The Bertz CT molecular complexity index is 614. The van der Waals surface area contributed by atoms with Crippen molar-refractivity contribution < 1.29 is 9.53 Å². The molecular formula is C12H10Cl2N4O2. The summed E-state index contributed by atoms with van der Waals surface area (Å²) < 4.78 is 5.24. The Morgan fingerprint density at radius 1 is 1.45 bits per heavy atom. The normalized spacial score (nSPS) is 10.7. The molecule has 104 valence electrons. The fourth-order valence-electron chi connectivity index (χ4n) is 1.28. The minimum atomic E-state index is -0.410. The van der Waals surface area contributed by atoms with Gasteiger partial charge in [0.05, 0.1) is 16.9 Å². The Morgan fingerprint density at radius 3 is 3.00 bits per heavy atom.